The molecule has 0 unspecified atom stereocenters. The summed E-state index contributed by atoms with van der Waals surface area (Å²) in [6.45, 7) is 10.7. The highest BCUT2D eigenvalue weighted by Crippen LogP contribution is 2.25. The van der Waals surface area contributed by atoms with Crippen LogP contribution in [0.15, 0.2) is 6.33 Å². The predicted octanol–water partition coefficient (Wildman–Crippen LogP) is 2.71. The first kappa shape index (κ1) is 12.0. The molecule has 17 heavy (non-hydrogen) atoms. The number of fused-ring (bicyclic) bond motifs is 1. The average Bonchev–Trinajstić information content (AvgIpc) is 2.67. The molecule has 0 bridgehead atoms. The maximum atomic E-state index is 4.70. The summed E-state index contributed by atoms with van der Waals surface area (Å²) >= 11 is 0. The lowest BCUT2D eigenvalue weighted by atomic mass is 10.1. The van der Waals surface area contributed by atoms with Crippen LogP contribution in [0, 0.1) is 0 Å². The van der Waals surface area contributed by atoms with Gasteiger partial charge in [-0.05, 0) is 33.6 Å². The summed E-state index contributed by atoms with van der Waals surface area (Å²) in [4.78, 5) is 8.78. The molecule has 2 aromatic rings. The van der Waals surface area contributed by atoms with Gasteiger partial charge in [0, 0.05) is 0 Å². The molecule has 0 atom stereocenters. The van der Waals surface area contributed by atoms with Crippen LogP contribution >= 0.6 is 0 Å². The van der Waals surface area contributed by atoms with E-state index in [1.54, 1.807) is 6.33 Å². The van der Waals surface area contributed by atoms with Crippen molar-refractivity contribution >= 4 is 11.0 Å². The highest BCUT2D eigenvalue weighted by atomic mass is 15.3. The Morgan fingerprint density at radius 3 is 2.24 bits per heavy atom. The van der Waals surface area contributed by atoms with Gasteiger partial charge >= 0.3 is 0 Å². The predicted molar refractivity (Wildman–Crippen MR) is 69.1 cm³/mol. The first-order valence-electron chi connectivity index (χ1n) is 6.21. The van der Waals surface area contributed by atoms with Crippen molar-refractivity contribution in [2.45, 2.75) is 53.0 Å². The molecule has 0 fully saturated rings. The Morgan fingerprint density at radius 2 is 1.71 bits per heavy atom. The molecule has 4 nitrogen and oxygen atoms in total. The fourth-order valence-electron chi connectivity index (χ4n) is 2.07. The van der Waals surface area contributed by atoms with Crippen LogP contribution < -0.4 is 0 Å². The lowest BCUT2D eigenvalue weighted by Gasteiger charge is -2.19. The van der Waals surface area contributed by atoms with Crippen LogP contribution in [0.2, 0.25) is 0 Å². The van der Waals surface area contributed by atoms with Crippen LogP contribution in [0.5, 0.6) is 0 Å². The zero-order valence-corrected chi connectivity index (χ0v) is 11.3. The minimum absolute atomic E-state index is 0.0506. The Labute approximate surface area is 102 Å². The molecule has 92 valence electrons. The van der Waals surface area contributed by atoms with Crippen LogP contribution in [0.4, 0.5) is 0 Å². The molecule has 0 aliphatic heterocycles. The van der Waals surface area contributed by atoms with Crippen LogP contribution in [0.25, 0.3) is 11.0 Å². The Hall–Kier alpha value is -1.45. The third kappa shape index (κ3) is 1.92. The largest absolute Gasteiger partial charge is 0.242 e. The van der Waals surface area contributed by atoms with Crippen molar-refractivity contribution in [3.63, 3.8) is 0 Å². The quantitative estimate of drug-likeness (QED) is 0.799. The van der Waals surface area contributed by atoms with Crippen LogP contribution in [0.3, 0.4) is 0 Å². The summed E-state index contributed by atoms with van der Waals surface area (Å²) in [6.07, 6.45) is 3.48. The normalized spacial score (nSPS) is 12.3. The van der Waals surface area contributed by atoms with E-state index >= 15 is 0 Å². The Morgan fingerprint density at radius 1 is 1.06 bits per heavy atom. The van der Waals surface area contributed by atoms with Gasteiger partial charge in [-0.1, -0.05) is 13.8 Å². The topological polar surface area (TPSA) is 43.6 Å². The summed E-state index contributed by atoms with van der Waals surface area (Å²) in [7, 11) is 0. The molecule has 4 heteroatoms. The fraction of sp³-hybridized carbons (Fsp3) is 0.615. The molecule has 0 aromatic carbocycles. The number of nitrogens with zero attached hydrogens (tertiary/aromatic N) is 4. The molecular formula is C13H20N4. The SMILES string of the molecule is CCc1ncnc2c1c(CC)nn2C(C)(C)C. The van der Waals surface area contributed by atoms with E-state index < -0.39 is 0 Å². The van der Waals surface area contributed by atoms with Crippen LogP contribution in [-0.4, -0.2) is 19.7 Å². The first-order valence-corrected chi connectivity index (χ1v) is 6.21. The smallest absolute Gasteiger partial charge is 0.162 e. The van der Waals surface area contributed by atoms with Crippen molar-refractivity contribution in [2.75, 3.05) is 0 Å². The first-order chi connectivity index (χ1) is 7.99. The van der Waals surface area contributed by atoms with Gasteiger partial charge in [-0.15, -0.1) is 0 Å². The van der Waals surface area contributed by atoms with Gasteiger partial charge < -0.3 is 0 Å². The highest BCUT2D eigenvalue weighted by Gasteiger charge is 2.22. The third-order valence-electron chi connectivity index (χ3n) is 2.92. The van der Waals surface area contributed by atoms with Gasteiger partial charge in [0.15, 0.2) is 5.65 Å². The number of hydrogen-bond acceptors (Lipinski definition) is 3. The minimum atomic E-state index is -0.0506. The molecule has 2 rings (SSSR count). The number of hydrogen-bond donors (Lipinski definition) is 0. The second-order valence-electron chi connectivity index (χ2n) is 5.26. The Bertz CT molecular complexity index is 534. The molecule has 0 radical (unpaired) electrons. The zero-order chi connectivity index (χ0) is 12.6. The van der Waals surface area contributed by atoms with Crippen molar-refractivity contribution in [1.29, 1.82) is 0 Å². The summed E-state index contributed by atoms with van der Waals surface area (Å²) in [5, 5.41) is 5.85. The van der Waals surface area contributed by atoms with Crippen molar-refractivity contribution in [2.24, 2.45) is 0 Å². The minimum Gasteiger partial charge on any atom is -0.242 e. The van der Waals surface area contributed by atoms with E-state index in [2.05, 4.69) is 44.6 Å². The van der Waals surface area contributed by atoms with E-state index in [1.165, 1.54) is 0 Å². The van der Waals surface area contributed by atoms with Crippen molar-refractivity contribution in [3.05, 3.63) is 17.7 Å². The van der Waals surface area contributed by atoms with Gasteiger partial charge in [0.25, 0.3) is 0 Å². The summed E-state index contributed by atoms with van der Waals surface area (Å²) in [5.41, 5.74) is 3.11. The number of aromatic nitrogens is 4. The lowest BCUT2D eigenvalue weighted by Crippen LogP contribution is -2.23. The molecule has 0 N–H and O–H groups in total. The maximum absolute atomic E-state index is 4.70. The summed E-state index contributed by atoms with van der Waals surface area (Å²) in [6, 6.07) is 0. The molecule has 0 aliphatic rings. The molecule has 0 saturated heterocycles. The Kier molecular flexibility index (Phi) is 2.89. The molecular weight excluding hydrogens is 212 g/mol. The zero-order valence-electron chi connectivity index (χ0n) is 11.3. The van der Waals surface area contributed by atoms with E-state index in [0.29, 0.717) is 0 Å². The monoisotopic (exact) mass is 232 g/mol. The molecule has 2 heterocycles. The van der Waals surface area contributed by atoms with Crippen LogP contribution in [0.1, 0.15) is 46.0 Å². The van der Waals surface area contributed by atoms with E-state index in [1.807, 2.05) is 4.68 Å². The van der Waals surface area contributed by atoms with Crippen molar-refractivity contribution < 1.29 is 0 Å². The molecule has 0 saturated carbocycles. The third-order valence-corrected chi connectivity index (χ3v) is 2.92. The second-order valence-corrected chi connectivity index (χ2v) is 5.26. The van der Waals surface area contributed by atoms with E-state index in [4.69, 9.17) is 5.10 Å². The molecule has 0 aliphatic carbocycles. The lowest BCUT2D eigenvalue weighted by molar-refractivity contribution is 0.363. The van der Waals surface area contributed by atoms with Crippen molar-refractivity contribution in [1.82, 2.24) is 19.7 Å². The maximum Gasteiger partial charge on any atom is 0.162 e. The van der Waals surface area contributed by atoms with E-state index in [0.717, 1.165) is 35.3 Å². The summed E-state index contributed by atoms with van der Waals surface area (Å²) < 4.78 is 2.02. The van der Waals surface area contributed by atoms with Crippen molar-refractivity contribution in [3.8, 4) is 0 Å². The number of aryl methyl sites for hydroxylation is 2. The van der Waals surface area contributed by atoms with Gasteiger partial charge in [0.2, 0.25) is 0 Å². The highest BCUT2D eigenvalue weighted by molar-refractivity contribution is 5.81. The van der Waals surface area contributed by atoms with E-state index in [-0.39, 0.29) is 5.54 Å². The van der Waals surface area contributed by atoms with Crippen LogP contribution in [-0.2, 0) is 18.4 Å². The van der Waals surface area contributed by atoms with Gasteiger partial charge in [0.1, 0.15) is 6.33 Å². The number of rotatable bonds is 2. The van der Waals surface area contributed by atoms with Gasteiger partial charge in [0.05, 0.1) is 22.3 Å². The molecule has 2 aromatic heterocycles. The van der Waals surface area contributed by atoms with Gasteiger partial charge in [-0.25, -0.2) is 14.6 Å². The summed E-state index contributed by atoms with van der Waals surface area (Å²) in [5.74, 6) is 0. The van der Waals surface area contributed by atoms with E-state index in [9.17, 15) is 0 Å². The Balaban J connectivity index is 2.82. The standard InChI is InChI=1S/C13H20N4/c1-6-9-11-10(7-2)16-17(13(3,4)5)12(11)15-8-14-9/h8H,6-7H2,1-5H3. The average molecular weight is 232 g/mol. The molecule has 0 spiro atoms. The fourth-order valence-corrected chi connectivity index (χ4v) is 2.07. The van der Waals surface area contributed by atoms with Gasteiger partial charge in [-0.3, -0.25) is 0 Å². The second kappa shape index (κ2) is 4.09. The van der Waals surface area contributed by atoms with Gasteiger partial charge in [-0.2, -0.15) is 5.10 Å². The molecule has 0 amide bonds.